The summed E-state index contributed by atoms with van der Waals surface area (Å²) < 4.78 is 4.80. The predicted molar refractivity (Wildman–Crippen MR) is 103 cm³/mol. The van der Waals surface area contributed by atoms with Crippen LogP contribution in [-0.4, -0.2) is 42.1 Å². The van der Waals surface area contributed by atoms with E-state index in [2.05, 4.69) is 10.6 Å². The zero-order valence-electron chi connectivity index (χ0n) is 14.8. The molecule has 0 atom stereocenters. The van der Waals surface area contributed by atoms with Crippen LogP contribution < -0.4 is 10.6 Å². The molecule has 2 rings (SSSR count). The summed E-state index contributed by atoms with van der Waals surface area (Å²) in [6.45, 7) is -0.980. The van der Waals surface area contributed by atoms with Gasteiger partial charge in [-0.3, -0.25) is 24.5 Å². The van der Waals surface area contributed by atoms with E-state index in [0.29, 0.717) is 5.69 Å². The second kappa shape index (κ2) is 10.1. The summed E-state index contributed by atoms with van der Waals surface area (Å²) >= 11 is 1.52. The van der Waals surface area contributed by atoms with Crippen molar-refractivity contribution in [3.8, 4) is 0 Å². The van der Waals surface area contributed by atoms with E-state index in [-0.39, 0.29) is 11.3 Å². The topological polar surface area (TPSA) is 128 Å². The van der Waals surface area contributed by atoms with Crippen molar-refractivity contribution in [1.29, 1.82) is 0 Å². The number of nitro benzene ring substituents is 1. The lowest BCUT2D eigenvalue weighted by Gasteiger charge is -2.08. The number of rotatable bonds is 8. The van der Waals surface area contributed by atoms with Gasteiger partial charge in [0.05, 0.1) is 4.92 Å². The van der Waals surface area contributed by atoms with Crippen molar-refractivity contribution in [2.24, 2.45) is 0 Å². The quantitative estimate of drug-likeness (QED) is 0.299. The normalized spacial score (nSPS) is 10.0. The molecule has 9 nitrogen and oxygen atoms in total. The van der Waals surface area contributed by atoms with Crippen molar-refractivity contribution in [3.05, 3.63) is 64.2 Å². The number of benzene rings is 2. The van der Waals surface area contributed by atoms with E-state index in [1.165, 1.54) is 30.0 Å². The number of thioether (sulfide) groups is 1. The molecule has 0 saturated heterocycles. The second-order valence-electron chi connectivity index (χ2n) is 5.43. The van der Waals surface area contributed by atoms with Gasteiger partial charge in [0.1, 0.15) is 6.54 Å². The maximum absolute atomic E-state index is 11.9. The molecule has 0 radical (unpaired) electrons. The summed E-state index contributed by atoms with van der Waals surface area (Å²) in [6, 6.07) is 12.3. The number of carbonyl (C=O) groups excluding carboxylic acids is 3. The highest BCUT2D eigenvalue weighted by Crippen LogP contribution is 2.18. The number of nitrogens with one attached hydrogen (secondary N) is 2. The highest BCUT2D eigenvalue weighted by atomic mass is 32.2. The van der Waals surface area contributed by atoms with Crippen LogP contribution in [0.2, 0.25) is 0 Å². The molecule has 10 heteroatoms. The first kappa shape index (κ1) is 20.9. The van der Waals surface area contributed by atoms with Crippen molar-refractivity contribution < 1.29 is 24.0 Å². The number of nitrogens with zero attached hydrogens (tertiary/aromatic N) is 1. The van der Waals surface area contributed by atoms with Crippen molar-refractivity contribution in [2.75, 3.05) is 24.7 Å². The number of nitro groups is 1. The number of esters is 1. The maximum Gasteiger partial charge on any atom is 0.325 e. The van der Waals surface area contributed by atoms with Gasteiger partial charge in [0.15, 0.2) is 6.61 Å². The fourth-order valence-electron chi connectivity index (χ4n) is 2.11. The summed E-state index contributed by atoms with van der Waals surface area (Å²) in [5.74, 6) is -2.00. The summed E-state index contributed by atoms with van der Waals surface area (Å²) in [7, 11) is 0. The lowest BCUT2D eigenvalue weighted by molar-refractivity contribution is -0.384. The average molecular weight is 403 g/mol. The van der Waals surface area contributed by atoms with Crippen LogP contribution in [0.5, 0.6) is 0 Å². The van der Waals surface area contributed by atoms with Gasteiger partial charge in [0, 0.05) is 28.3 Å². The smallest absolute Gasteiger partial charge is 0.325 e. The van der Waals surface area contributed by atoms with E-state index in [0.717, 1.165) is 11.0 Å². The van der Waals surface area contributed by atoms with Gasteiger partial charge >= 0.3 is 5.97 Å². The fraction of sp³-hybridized carbons (Fsp3) is 0.167. The molecular formula is C18H17N3O6S. The number of hydrogen-bond donors (Lipinski definition) is 2. The van der Waals surface area contributed by atoms with Crippen molar-refractivity contribution >= 4 is 40.9 Å². The van der Waals surface area contributed by atoms with E-state index >= 15 is 0 Å². The Morgan fingerprint density at radius 2 is 1.89 bits per heavy atom. The Hall–Kier alpha value is -3.40. The standard InChI is InChI=1S/C18H17N3O6S/c1-28-15-7-3-5-13(9-15)20-16(22)11-27-17(23)10-19-18(24)12-4-2-6-14(8-12)21(25)26/h2-9H,10-11H2,1H3,(H,19,24)(H,20,22). The molecule has 2 aromatic carbocycles. The molecule has 0 saturated carbocycles. The van der Waals surface area contributed by atoms with E-state index < -0.39 is 35.9 Å². The van der Waals surface area contributed by atoms with Crippen LogP contribution in [0.4, 0.5) is 11.4 Å². The maximum atomic E-state index is 11.9. The zero-order chi connectivity index (χ0) is 20.5. The molecule has 2 amide bonds. The summed E-state index contributed by atoms with van der Waals surface area (Å²) in [4.78, 5) is 46.5. The molecule has 0 spiro atoms. The van der Waals surface area contributed by atoms with Crippen LogP contribution in [0.15, 0.2) is 53.4 Å². The average Bonchev–Trinajstić information content (AvgIpc) is 2.70. The molecule has 0 heterocycles. The van der Waals surface area contributed by atoms with Gasteiger partial charge in [0.25, 0.3) is 17.5 Å². The van der Waals surface area contributed by atoms with Gasteiger partial charge in [-0.2, -0.15) is 0 Å². The number of amides is 2. The van der Waals surface area contributed by atoms with Crippen LogP contribution in [0, 0.1) is 10.1 Å². The number of non-ortho nitro benzene ring substituents is 1. The third-order valence-electron chi connectivity index (χ3n) is 3.43. The molecule has 146 valence electrons. The number of carbonyl (C=O) groups is 3. The van der Waals surface area contributed by atoms with E-state index in [1.54, 1.807) is 18.2 Å². The summed E-state index contributed by atoms with van der Waals surface area (Å²) in [5.41, 5.74) is 0.373. The third kappa shape index (κ3) is 6.40. The number of hydrogen-bond acceptors (Lipinski definition) is 7. The molecule has 0 aromatic heterocycles. The first-order valence-corrected chi connectivity index (χ1v) is 9.23. The fourth-order valence-corrected chi connectivity index (χ4v) is 2.57. The SMILES string of the molecule is CSc1cccc(NC(=O)COC(=O)CNC(=O)c2cccc([N+](=O)[O-])c2)c1. The Morgan fingerprint density at radius 3 is 2.61 bits per heavy atom. The van der Waals surface area contributed by atoms with Gasteiger partial charge in [-0.1, -0.05) is 12.1 Å². The molecule has 0 bridgehead atoms. The van der Waals surface area contributed by atoms with Crippen molar-refractivity contribution in [2.45, 2.75) is 4.90 Å². The minimum absolute atomic E-state index is 0.0356. The highest BCUT2D eigenvalue weighted by molar-refractivity contribution is 7.98. The first-order valence-electron chi connectivity index (χ1n) is 8.01. The molecule has 2 N–H and O–H groups in total. The minimum atomic E-state index is -0.813. The van der Waals surface area contributed by atoms with Gasteiger partial charge in [-0.25, -0.2) is 0 Å². The molecule has 0 aliphatic heterocycles. The Bertz CT molecular complexity index is 902. The Morgan fingerprint density at radius 1 is 1.14 bits per heavy atom. The van der Waals surface area contributed by atoms with Crippen LogP contribution in [0.25, 0.3) is 0 Å². The van der Waals surface area contributed by atoms with Gasteiger partial charge in [-0.15, -0.1) is 11.8 Å². The predicted octanol–water partition coefficient (Wildman–Crippen LogP) is 2.23. The summed E-state index contributed by atoms with van der Waals surface area (Å²) in [6.07, 6.45) is 1.91. The third-order valence-corrected chi connectivity index (χ3v) is 4.16. The molecule has 0 aliphatic rings. The Balaban J connectivity index is 1.77. The molecule has 28 heavy (non-hydrogen) atoms. The minimum Gasteiger partial charge on any atom is -0.454 e. The lowest BCUT2D eigenvalue weighted by atomic mass is 10.2. The largest absolute Gasteiger partial charge is 0.454 e. The van der Waals surface area contributed by atoms with Gasteiger partial charge in [-0.05, 0) is 30.5 Å². The van der Waals surface area contributed by atoms with E-state index in [1.807, 2.05) is 12.3 Å². The number of anilines is 1. The van der Waals surface area contributed by atoms with E-state index in [9.17, 15) is 24.5 Å². The molecule has 0 fully saturated rings. The Labute approximate surface area is 164 Å². The van der Waals surface area contributed by atoms with Crippen LogP contribution in [-0.2, 0) is 14.3 Å². The first-order chi connectivity index (χ1) is 13.4. The monoisotopic (exact) mass is 403 g/mol. The van der Waals surface area contributed by atoms with Crippen molar-refractivity contribution in [1.82, 2.24) is 5.32 Å². The van der Waals surface area contributed by atoms with Gasteiger partial charge in [0.2, 0.25) is 0 Å². The van der Waals surface area contributed by atoms with Crippen LogP contribution in [0.3, 0.4) is 0 Å². The zero-order valence-corrected chi connectivity index (χ0v) is 15.7. The van der Waals surface area contributed by atoms with Gasteiger partial charge < -0.3 is 15.4 Å². The number of ether oxygens (including phenoxy) is 1. The molecule has 0 aliphatic carbocycles. The Kier molecular flexibility index (Phi) is 7.52. The van der Waals surface area contributed by atoms with Crippen LogP contribution in [0.1, 0.15) is 10.4 Å². The second-order valence-corrected chi connectivity index (χ2v) is 6.31. The van der Waals surface area contributed by atoms with Crippen LogP contribution >= 0.6 is 11.8 Å². The molecular weight excluding hydrogens is 386 g/mol. The lowest BCUT2D eigenvalue weighted by Crippen LogP contribution is -2.32. The molecule has 0 unspecified atom stereocenters. The summed E-state index contributed by atoms with van der Waals surface area (Å²) in [5, 5.41) is 15.6. The van der Waals surface area contributed by atoms with Crippen molar-refractivity contribution in [3.63, 3.8) is 0 Å². The molecule has 2 aromatic rings. The highest BCUT2D eigenvalue weighted by Gasteiger charge is 2.14. The van der Waals surface area contributed by atoms with E-state index in [4.69, 9.17) is 4.74 Å².